The third-order valence-electron chi connectivity index (χ3n) is 3.40. The van der Waals surface area contributed by atoms with Gasteiger partial charge in [-0.05, 0) is 41.5 Å². The maximum Gasteiger partial charge on any atom is 0.237 e. The van der Waals surface area contributed by atoms with Gasteiger partial charge >= 0.3 is 0 Å². The van der Waals surface area contributed by atoms with E-state index in [1.165, 1.54) is 17.3 Å². The third-order valence-corrected chi connectivity index (χ3v) is 4.30. The first-order valence-corrected chi connectivity index (χ1v) is 7.96. The smallest absolute Gasteiger partial charge is 0.237 e. The number of aryl methyl sites for hydroxylation is 2. The Morgan fingerprint density at radius 2 is 2.14 bits per heavy atom. The molecule has 8 heteroatoms. The average Bonchev–Trinajstić information content (AvgIpc) is 3.16. The van der Waals surface area contributed by atoms with Gasteiger partial charge in [-0.2, -0.15) is 9.67 Å². The molecule has 0 aliphatic carbocycles. The highest BCUT2D eigenvalue weighted by atomic mass is 32.2. The molecular weight excluding hydrogens is 300 g/mol. The average molecular weight is 316 g/mol. The van der Waals surface area contributed by atoms with Gasteiger partial charge < -0.3 is 4.52 Å². The summed E-state index contributed by atoms with van der Waals surface area (Å²) in [6.07, 6.45) is 0.758. The zero-order chi connectivity index (χ0) is 15.5. The molecule has 0 N–H and O–H groups in total. The number of benzene rings is 1. The summed E-state index contributed by atoms with van der Waals surface area (Å²) in [5.74, 6) is 1.83. The van der Waals surface area contributed by atoms with E-state index in [2.05, 4.69) is 45.6 Å². The zero-order valence-corrected chi connectivity index (χ0v) is 13.5. The number of rotatable bonds is 5. The van der Waals surface area contributed by atoms with E-state index < -0.39 is 0 Å². The molecule has 7 nitrogen and oxygen atoms in total. The first-order valence-electron chi connectivity index (χ1n) is 6.98. The number of nitrogens with zero attached hydrogens (tertiary/aromatic N) is 6. The SMILES string of the molecule is CCc1noc(CSc2nnnn2-c2cccc(C)c2C)n1. The van der Waals surface area contributed by atoms with Crippen LogP contribution >= 0.6 is 11.8 Å². The Kier molecular flexibility index (Phi) is 4.19. The molecule has 2 aromatic heterocycles. The van der Waals surface area contributed by atoms with Crippen molar-refractivity contribution < 1.29 is 4.52 Å². The van der Waals surface area contributed by atoms with Crippen LogP contribution < -0.4 is 0 Å². The molecule has 0 aliphatic rings. The number of aromatic nitrogens is 6. The van der Waals surface area contributed by atoms with Crippen molar-refractivity contribution in [1.29, 1.82) is 0 Å². The third kappa shape index (κ3) is 2.87. The summed E-state index contributed by atoms with van der Waals surface area (Å²) in [7, 11) is 0. The number of thioether (sulfide) groups is 1. The minimum Gasteiger partial charge on any atom is -0.338 e. The largest absolute Gasteiger partial charge is 0.338 e. The molecule has 22 heavy (non-hydrogen) atoms. The predicted molar refractivity (Wildman–Crippen MR) is 81.9 cm³/mol. The van der Waals surface area contributed by atoms with Crippen molar-refractivity contribution in [3.63, 3.8) is 0 Å². The highest BCUT2D eigenvalue weighted by molar-refractivity contribution is 7.98. The van der Waals surface area contributed by atoms with Gasteiger partial charge in [0.15, 0.2) is 5.82 Å². The standard InChI is InChI=1S/C14H16N6OS/c1-4-12-15-13(21-17-12)8-22-14-16-18-19-20(14)11-7-5-6-9(2)10(11)3/h5-7H,4,8H2,1-3H3. The lowest BCUT2D eigenvalue weighted by Gasteiger charge is -2.08. The summed E-state index contributed by atoms with van der Waals surface area (Å²) in [5.41, 5.74) is 3.34. The van der Waals surface area contributed by atoms with E-state index in [1.54, 1.807) is 4.68 Å². The molecule has 0 amide bonds. The van der Waals surface area contributed by atoms with Crippen molar-refractivity contribution in [2.24, 2.45) is 0 Å². The van der Waals surface area contributed by atoms with Crippen LogP contribution in [0, 0.1) is 13.8 Å². The van der Waals surface area contributed by atoms with Gasteiger partial charge in [-0.1, -0.05) is 36.0 Å². The van der Waals surface area contributed by atoms with Gasteiger partial charge in [0.2, 0.25) is 11.0 Å². The van der Waals surface area contributed by atoms with Crippen LogP contribution in [0.4, 0.5) is 0 Å². The maximum atomic E-state index is 5.18. The fraction of sp³-hybridized carbons (Fsp3) is 0.357. The lowest BCUT2D eigenvalue weighted by atomic mass is 10.1. The Hall–Kier alpha value is -2.22. The Labute approximate surface area is 132 Å². The molecule has 0 unspecified atom stereocenters. The minimum atomic E-state index is 0.540. The van der Waals surface area contributed by atoms with Crippen molar-refractivity contribution in [3.05, 3.63) is 41.0 Å². The van der Waals surface area contributed by atoms with E-state index in [0.29, 0.717) is 22.6 Å². The van der Waals surface area contributed by atoms with Crippen molar-refractivity contribution in [2.45, 2.75) is 38.1 Å². The fourth-order valence-corrected chi connectivity index (χ4v) is 2.73. The molecule has 0 fully saturated rings. The number of hydrogen-bond acceptors (Lipinski definition) is 7. The van der Waals surface area contributed by atoms with E-state index in [4.69, 9.17) is 4.52 Å². The molecule has 3 rings (SSSR count). The van der Waals surface area contributed by atoms with Gasteiger partial charge in [0.1, 0.15) is 0 Å². The van der Waals surface area contributed by atoms with Gasteiger partial charge in [0.25, 0.3) is 0 Å². The summed E-state index contributed by atoms with van der Waals surface area (Å²) in [6, 6.07) is 6.07. The van der Waals surface area contributed by atoms with Crippen LogP contribution in [0.5, 0.6) is 0 Å². The van der Waals surface area contributed by atoms with E-state index in [1.807, 2.05) is 19.1 Å². The summed E-state index contributed by atoms with van der Waals surface area (Å²) in [6.45, 7) is 6.12. The van der Waals surface area contributed by atoms with Crippen LogP contribution in [0.15, 0.2) is 27.9 Å². The first kappa shape index (κ1) is 14.7. The van der Waals surface area contributed by atoms with E-state index in [-0.39, 0.29) is 0 Å². The molecule has 0 radical (unpaired) electrons. The quantitative estimate of drug-likeness (QED) is 0.669. The van der Waals surface area contributed by atoms with E-state index in [0.717, 1.165) is 17.7 Å². The normalized spacial score (nSPS) is 11.0. The molecule has 0 saturated heterocycles. The van der Waals surface area contributed by atoms with Crippen LogP contribution in [0.25, 0.3) is 5.69 Å². The monoisotopic (exact) mass is 316 g/mol. The molecule has 114 valence electrons. The Morgan fingerprint density at radius 1 is 1.27 bits per heavy atom. The Bertz CT molecular complexity index is 781. The van der Waals surface area contributed by atoms with Crippen molar-refractivity contribution in [2.75, 3.05) is 0 Å². The molecule has 3 aromatic rings. The molecule has 0 atom stereocenters. The topological polar surface area (TPSA) is 82.5 Å². The molecule has 0 saturated carbocycles. The second kappa shape index (κ2) is 6.27. The fourth-order valence-electron chi connectivity index (χ4n) is 2.00. The molecule has 1 aromatic carbocycles. The number of tetrazole rings is 1. The lowest BCUT2D eigenvalue weighted by Crippen LogP contribution is -2.02. The van der Waals surface area contributed by atoms with Gasteiger partial charge in [0, 0.05) is 6.42 Å². The summed E-state index contributed by atoms with van der Waals surface area (Å²) in [4.78, 5) is 4.29. The molecular formula is C14H16N6OS. The Balaban J connectivity index is 1.81. The van der Waals surface area contributed by atoms with E-state index in [9.17, 15) is 0 Å². The highest BCUT2D eigenvalue weighted by Crippen LogP contribution is 2.24. The second-order valence-corrected chi connectivity index (χ2v) is 5.78. The molecule has 2 heterocycles. The summed E-state index contributed by atoms with van der Waals surface area (Å²) >= 11 is 1.47. The van der Waals surface area contributed by atoms with Crippen LogP contribution in [0.2, 0.25) is 0 Å². The molecule has 0 spiro atoms. The van der Waals surface area contributed by atoms with Crippen molar-refractivity contribution in [1.82, 2.24) is 30.3 Å². The van der Waals surface area contributed by atoms with E-state index >= 15 is 0 Å². The minimum absolute atomic E-state index is 0.540. The Morgan fingerprint density at radius 3 is 2.91 bits per heavy atom. The molecule has 0 aliphatic heterocycles. The summed E-state index contributed by atoms with van der Waals surface area (Å²) in [5, 5.41) is 16.5. The van der Waals surface area contributed by atoms with Crippen molar-refractivity contribution >= 4 is 11.8 Å². The zero-order valence-electron chi connectivity index (χ0n) is 12.6. The van der Waals surface area contributed by atoms with Gasteiger partial charge in [-0.3, -0.25) is 0 Å². The van der Waals surface area contributed by atoms with Gasteiger partial charge in [-0.15, -0.1) is 5.10 Å². The number of hydrogen-bond donors (Lipinski definition) is 0. The maximum absolute atomic E-state index is 5.18. The van der Waals surface area contributed by atoms with Crippen molar-refractivity contribution in [3.8, 4) is 5.69 Å². The summed E-state index contributed by atoms with van der Waals surface area (Å²) < 4.78 is 6.92. The highest BCUT2D eigenvalue weighted by Gasteiger charge is 2.14. The van der Waals surface area contributed by atoms with Crippen LogP contribution in [0.3, 0.4) is 0 Å². The van der Waals surface area contributed by atoms with Crippen LogP contribution in [-0.4, -0.2) is 30.3 Å². The second-order valence-electron chi connectivity index (χ2n) is 4.84. The molecule has 0 bridgehead atoms. The van der Waals surface area contributed by atoms with Crippen LogP contribution in [0.1, 0.15) is 29.8 Å². The first-order chi connectivity index (χ1) is 10.7. The lowest BCUT2D eigenvalue weighted by molar-refractivity contribution is 0.385. The predicted octanol–water partition coefficient (Wildman–Crippen LogP) is 2.52. The van der Waals surface area contributed by atoms with Gasteiger partial charge in [0.05, 0.1) is 11.4 Å². The van der Waals surface area contributed by atoms with Gasteiger partial charge in [-0.25, -0.2) is 0 Å². The van der Waals surface area contributed by atoms with Crippen LogP contribution in [-0.2, 0) is 12.2 Å².